The number of benzene rings is 2. The Bertz CT molecular complexity index is 1380. The number of aromatic nitrogens is 3. The summed E-state index contributed by atoms with van der Waals surface area (Å²) in [5, 5.41) is 9.87. The van der Waals surface area contributed by atoms with Gasteiger partial charge in [-0.1, -0.05) is 43.2 Å². The van der Waals surface area contributed by atoms with Crippen molar-refractivity contribution >= 4 is 22.5 Å². The number of pyridine rings is 1. The molecule has 0 fully saturated rings. The number of nitrogens with zero attached hydrogens (tertiary/aromatic N) is 4. The molecule has 2 heterocycles. The summed E-state index contributed by atoms with van der Waals surface area (Å²) in [4.78, 5) is 20.1. The lowest BCUT2D eigenvalue weighted by atomic mass is 10.0. The molecule has 31 heavy (non-hydrogen) atoms. The van der Waals surface area contributed by atoms with E-state index in [0.717, 1.165) is 23.2 Å². The molecule has 0 saturated heterocycles. The molecule has 7 nitrogen and oxygen atoms in total. The van der Waals surface area contributed by atoms with E-state index in [1.54, 1.807) is 4.57 Å². The van der Waals surface area contributed by atoms with Crippen LogP contribution in [0.15, 0.2) is 65.6 Å². The minimum Gasteiger partial charge on any atom is -0.382 e. The fourth-order valence-electron chi connectivity index (χ4n) is 3.15. The van der Waals surface area contributed by atoms with Crippen molar-refractivity contribution in [3.8, 4) is 24.1 Å². The lowest BCUT2D eigenvalue weighted by molar-refractivity contribution is 0.889. The first-order chi connectivity index (χ1) is 15.0. The summed E-state index contributed by atoms with van der Waals surface area (Å²) in [6.07, 6.45) is 7.61. The maximum Gasteiger partial charge on any atom is 0.264 e. The summed E-state index contributed by atoms with van der Waals surface area (Å²) in [5.41, 5.74) is 13.1. The fourth-order valence-corrected chi connectivity index (χ4v) is 3.15. The predicted octanol–water partition coefficient (Wildman–Crippen LogP) is 3.05. The zero-order valence-electron chi connectivity index (χ0n) is 16.9. The first-order valence-electron chi connectivity index (χ1n) is 9.47. The summed E-state index contributed by atoms with van der Waals surface area (Å²) in [6, 6.07) is 19.2. The minimum absolute atomic E-state index is 0.0518. The molecule has 0 amide bonds. The van der Waals surface area contributed by atoms with Crippen LogP contribution in [0.5, 0.6) is 0 Å². The molecule has 0 radical (unpaired) electrons. The average molecular weight is 408 g/mol. The molecule has 4 rings (SSSR count). The summed E-state index contributed by atoms with van der Waals surface area (Å²) in [5.74, 6) is 2.81. The van der Waals surface area contributed by atoms with E-state index in [1.807, 2.05) is 67.6 Å². The molecule has 4 aromatic rings. The SMILES string of the molecule is C#Cc1cccc2cc(CC)n(-c3ccccc3)c(=O)c12.N#Cc1cnc(N)nc1N. The van der Waals surface area contributed by atoms with Crippen molar-refractivity contribution in [2.75, 3.05) is 11.5 Å². The molecule has 7 heteroatoms. The Morgan fingerprint density at radius 2 is 1.84 bits per heavy atom. The summed E-state index contributed by atoms with van der Waals surface area (Å²) >= 11 is 0. The third kappa shape index (κ3) is 4.36. The lowest BCUT2D eigenvalue weighted by Gasteiger charge is -2.14. The highest BCUT2D eigenvalue weighted by Gasteiger charge is 2.12. The standard InChI is InChI=1S/C19H15NO.C5H5N5/c1-3-14-9-8-10-15-13-16(4-2)20(19(21)18(14)15)17-11-6-5-7-12-17;6-1-3-2-9-5(8)10-4(3)7/h1,5-13H,4H2,2H3;2H,(H4,7,8,9,10). The highest BCUT2D eigenvalue weighted by Crippen LogP contribution is 2.19. The maximum absolute atomic E-state index is 13.0. The third-order valence-corrected chi connectivity index (χ3v) is 4.61. The number of hydrogen-bond donors (Lipinski definition) is 2. The Kier molecular flexibility index (Phi) is 6.30. The normalized spacial score (nSPS) is 9.90. The number of aryl methyl sites for hydroxylation is 1. The van der Waals surface area contributed by atoms with Crippen molar-refractivity contribution in [2.45, 2.75) is 13.3 Å². The first kappa shape index (κ1) is 21.1. The fraction of sp³-hybridized carbons (Fsp3) is 0.0833. The van der Waals surface area contributed by atoms with Gasteiger partial charge in [0, 0.05) is 16.9 Å². The molecule has 0 saturated carbocycles. The topological polar surface area (TPSA) is 124 Å². The monoisotopic (exact) mass is 408 g/mol. The van der Waals surface area contributed by atoms with Crippen LogP contribution in [-0.4, -0.2) is 14.5 Å². The third-order valence-electron chi connectivity index (χ3n) is 4.61. The van der Waals surface area contributed by atoms with Crippen LogP contribution in [0.4, 0.5) is 11.8 Å². The van der Waals surface area contributed by atoms with E-state index in [2.05, 4.69) is 15.9 Å². The van der Waals surface area contributed by atoms with E-state index in [0.29, 0.717) is 10.9 Å². The predicted molar refractivity (Wildman–Crippen MR) is 122 cm³/mol. The van der Waals surface area contributed by atoms with Gasteiger partial charge in [-0.2, -0.15) is 10.2 Å². The van der Waals surface area contributed by atoms with Gasteiger partial charge in [0.25, 0.3) is 5.56 Å². The molecule has 2 aromatic heterocycles. The van der Waals surface area contributed by atoms with E-state index >= 15 is 0 Å². The van der Waals surface area contributed by atoms with Crippen LogP contribution in [-0.2, 0) is 6.42 Å². The van der Waals surface area contributed by atoms with Crippen LogP contribution in [0, 0.1) is 23.7 Å². The van der Waals surface area contributed by atoms with Crippen molar-refractivity contribution in [1.29, 1.82) is 5.26 Å². The molecule has 0 atom stereocenters. The van der Waals surface area contributed by atoms with E-state index in [9.17, 15) is 4.79 Å². The van der Waals surface area contributed by atoms with E-state index < -0.39 is 0 Å². The molecule has 0 spiro atoms. The number of fused-ring (bicyclic) bond motifs is 1. The van der Waals surface area contributed by atoms with E-state index in [4.69, 9.17) is 23.2 Å². The first-order valence-corrected chi connectivity index (χ1v) is 9.47. The number of terminal acetylenes is 1. The lowest BCUT2D eigenvalue weighted by Crippen LogP contribution is -2.22. The van der Waals surface area contributed by atoms with Gasteiger partial charge in [0.1, 0.15) is 17.5 Å². The second kappa shape index (κ2) is 9.25. The Balaban J connectivity index is 0.000000229. The van der Waals surface area contributed by atoms with Crippen molar-refractivity contribution in [2.24, 2.45) is 0 Å². The molecular weight excluding hydrogens is 388 g/mol. The van der Waals surface area contributed by atoms with Gasteiger partial charge in [0.2, 0.25) is 5.95 Å². The van der Waals surface area contributed by atoms with Crippen LogP contribution >= 0.6 is 0 Å². The second-order valence-electron chi connectivity index (χ2n) is 6.52. The van der Waals surface area contributed by atoms with Crippen molar-refractivity contribution in [3.63, 3.8) is 0 Å². The Morgan fingerprint density at radius 1 is 1.10 bits per heavy atom. The van der Waals surface area contributed by atoms with Gasteiger partial charge >= 0.3 is 0 Å². The van der Waals surface area contributed by atoms with Gasteiger partial charge in [-0.05, 0) is 36.1 Å². The Labute approximate surface area is 179 Å². The number of nitrogen functional groups attached to an aromatic ring is 2. The van der Waals surface area contributed by atoms with E-state index in [1.165, 1.54) is 6.20 Å². The van der Waals surface area contributed by atoms with E-state index in [-0.39, 0.29) is 22.9 Å². The zero-order valence-corrected chi connectivity index (χ0v) is 16.9. The zero-order chi connectivity index (χ0) is 22.4. The number of para-hydroxylation sites is 1. The molecule has 0 aliphatic rings. The number of nitrogens with two attached hydrogens (primary N) is 2. The maximum atomic E-state index is 13.0. The van der Waals surface area contributed by atoms with Gasteiger partial charge in [-0.25, -0.2) is 4.98 Å². The highest BCUT2D eigenvalue weighted by molar-refractivity contribution is 5.88. The van der Waals surface area contributed by atoms with Gasteiger partial charge in [0.05, 0.1) is 11.6 Å². The smallest absolute Gasteiger partial charge is 0.264 e. The van der Waals surface area contributed by atoms with Crippen molar-refractivity contribution in [3.05, 3.63) is 88.0 Å². The van der Waals surface area contributed by atoms with Crippen LogP contribution < -0.4 is 17.0 Å². The Hall–Kier alpha value is -4.62. The minimum atomic E-state index is -0.0518. The van der Waals surface area contributed by atoms with Crippen molar-refractivity contribution < 1.29 is 0 Å². The molecule has 0 aliphatic carbocycles. The molecule has 2 aromatic carbocycles. The quantitative estimate of drug-likeness (QED) is 0.491. The largest absolute Gasteiger partial charge is 0.382 e. The van der Waals surface area contributed by atoms with Gasteiger partial charge in [-0.15, -0.1) is 6.42 Å². The number of rotatable bonds is 2. The highest BCUT2D eigenvalue weighted by atomic mass is 16.1. The average Bonchev–Trinajstić information content (AvgIpc) is 2.79. The molecule has 0 aliphatic heterocycles. The summed E-state index contributed by atoms with van der Waals surface area (Å²) < 4.78 is 1.75. The summed E-state index contributed by atoms with van der Waals surface area (Å²) in [7, 11) is 0. The molecule has 4 N–H and O–H groups in total. The number of nitriles is 1. The molecule has 0 bridgehead atoms. The second-order valence-corrected chi connectivity index (χ2v) is 6.52. The number of anilines is 2. The van der Waals surface area contributed by atoms with Crippen LogP contribution in [0.2, 0.25) is 0 Å². The molecule has 0 unspecified atom stereocenters. The van der Waals surface area contributed by atoms with Crippen molar-refractivity contribution in [1.82, 2.24) is 14.5 Å². The van der Waals surface area contributed by atoms with Gasteiger partial charge in [-0.3, -0.25) is 9.36 Å². The summed E-state index contributed by atoms with van der Waals surface area (Å²) in [6.45, 7) is 2.05. The molecular formula is C24H20N6O. The molecule has 152 valence electrons. The van der Waals surface area contributed by atoms with Crippen LogP contribution in [0.25, 0.3) is 16.5 Å². The number of hydrogen-bond acceptors (Lipinski definition) is 6. The van der Waals surface area contributed by atoms with Gasteiger partial charge < -0.3 is 11.5 Å². The van der Waals surface area contributed by atoms with Crippen LogP contribution in [0.1, 0.15) is 23.7 Å². The van der Waals surface area contributed by atoms with Gasteiger partial charge in [0.15, 0.2) is 0 Å². The Morgan fingerprint density at radius 3 is 2.45 bits per heavy atom. The van der Waals surface area contributed by atoms with Crippen LogP contribution in [0.3, 0.4) is 0 Å².